The van der Waals surface area contributed by atoms with Crippen molar-refractivity contribution in [3.05, 3.63) is 17.5 Å². The minimum absolute atomic E-state index is 0.621. The van der Waals surface area contributed by atoms with Crippen LogP contribution in [0.15, 0.2) is 11.1 Å². The van der Waals surface area contributed by atoms with Gasteiger partial charge in [-0.2, -0.15) is 5.10 Å². The monoisotopic (exact) mass is 280 g/mol. The molecule has 0 saturated carbocycles. The third kappa shape index (κ3) is 4.27. The Hall–Kier alpha value is -0.970. The lowest BCUT2D eigenvalue weighted by Crippen LogP contribution is -2.37. The van der Waals surface area contributed by atoms with Crippen LogP contribution in [0.1, 0.15) is 37.6 Å². The topological polar surface area (TPSA) is 42.2 Å². The molecule has 0 amide bonds. The van der Waals surface area contributed by atoms with E-state index in [1.165, 1.54) is 24.3 Å². The van der Waals surface area contributed by atoms with Crippen molar-refractivity contribution in [2.24, 2.45) is 4.99 Å². The molecule has 0 bridgehead atoms. The minimum Gasteiger partial charge on any atom is -0.362 e. The maximum atomic E-state index is 4.66. The molecule has 0 aliphatic carbocycles. The summed E-state index contributed by atoms with van der Waals surface area (Å²) in [6.45, 7) is 8.21. The fourth-order valence-corrected chi connectivity index (χ4v) is 3.31. The van der Waals surface area contributed by atoms with Crippen LogP contribution < -0.4 is 5.32 Å². The van der Waals surface area contributed by atoms with E-state index in [9.17, 15) is 0 Å². The highest BCUT2D eigenvalue weighted by Gasteiger charge is 2.14. The highest BCUT2D eigenvalue weighted by Crippen LogP contribution is 2.15. The molecule has 0 spiro atoms. The van der Waals surface area contributed by atoms with Gasteiger partial charge in [-0.15, -0.1) is 0 Å². The summed E-state index contributed by atoms with van der Waals surface area (Å²) >= 11 is 1.85. The Morgan fingerprint density at radius 2 is 2.37 bits per heavy atom. The summed E-state index contributed by atoms with van der Waals surface area (Å²) in [6, 6.07) is 2.74. The molecule has 2 rings (SSSR count). The summed E-state index contributed by atoms with van der Waals surface area (Å²) in [6.07, 6.45) is 3.49. The SMILES string of the molecule is CCC1CCSC(=NCCCn2nc(C)cc2C)N1. The molecule has 1 aromatic heterocycles. The van der Waals surface area contributed by atoms with Gasteiger partial charge in [-0.05, 0) is 39.2 Å². The highest BCUT2D eigenvalue weighted by atomic mass is 32.2. The number of rotatable bonds is 5. The molecule has 1 aliphatic heterocycles. The zero-order valence-corrected chi connectivity index (χ0v) is 13.0. The van der Waals surface area contributed by atoms with Crippen LogP contribution in [0.5, 0.6) is 0 Å². The number of nitrogens with one attached hydrogen (secondary N) is 1. The second-order valence-corrected chi connectivity index (χ2v) is 6.16. The van der Waals surface area contributed by atoms with E-state index in [2.05, 4.69) is 40.0 Å². The summed E-state index contributed by atoms with van der Waals surface area (Å²) in [5.41, 5.74) is 2.33. The lowest BCUT2D eigenvalue weighted by molar-refractivity contribution is 0.559. The molecule has 1 fully saturated rings. The standard InChI is InChI=1S/C14H24N4S/c1-4-13-6-9-19-14(16-13)15-7-5-8-18-12(3)10-11(2)17-18/h10,13H,4-9H2,1-3H3,(H,15,16). The summed E-state index contributed by atoms with van der Waals surface area (Å²) < 4.78 is 2.08. The van der Waals surface area contributed by atoms with Gasteiger partial charge < -0.3 is 5.32 Å². The van der Waals surface area contributed by atoms with Crippen LogP contribution in [0.25, 0.3) is 0 Å². The Labute approximate surface area is 120 Å². The van der Waals surface area contributed by atoms with Crippen molar-refractivity contribution in [3.8, 4) is 0 Å². The first-order valence-corrected chi connectivity index (χ1v) is 8.12. The fraction of sp³-hybridized carbons (Fsp3) is 0.714. The van der Waals surface area contributed by atoms with Crippen molar-refractivity contribution in [1.29, 1.82) is 0 Å². The Bertz CT molecular complexity index is 439. The molecule has 2 heterocycles. The Morgan fingerprint density at radius 3 is 3.05 bits per heavy atom. The van der Waals surface area contributed by atoms with Gasteiger partial charge in [-0.1, -0.05) is 18.7 Å². The average molecular weight is 280 g/mol. The molecule has 19 heavy (non-hydrogen) atoms. The van der Waals surface area contributed by atoms with Crippen LogP contribution in [0.3, 0.4) is 0 Å². The second kappa shape index (κ2) is 6.98. The predicted molar refractivity (Wildman–Crippen MR) is 82.9 cm³/mol. The van der Waals surface area contributed by atoms with Crippen LogP contribution in [0.2, 0.25) is 0 Å². The Kier molecular flexibility index (Phi) is 5.31. The van der Waals surface area contributed by atoms with E-state index < -0.39 is 0 Å². The highest BCUT2D eigenvalue weighted by molar-refractivity contribution is 8.13. The third-order valence-electron chi connectivity index (χ3n) is 3.41. The van der Waals surface area contributed by atoms with Gasteiger partial charge in [0, 0.05) is 30.6 Å². The van der Waals surface area contributed by atoms with Gasteiger partial charge in [0.25, 0.3) is 0 Å². The molecule has 1 saturated heterocycles. The van der Waals surface area contributed by atoms with Gasteiger partial charge >= 0.3 is 0 Å². The lowest BCUT2D eigenvalue weighted by Gasteiger charge is -2.24. The summed E-state index contributed by atoms with van der Waals surface area (Å²) in [5.74, 6) is 1.20. The van der Waals surface area contributed by atoms with E-state index >= 15 is 0 Å². The predicted octanol–water partition coefficient (Wildman–Crippen LogP) is 2.75. The fourth-order valence-electron chi connectivity index (χ4n) is 2.29. The quantitative estimate of drug-likeness (QED) is 0.843. The molecule has 0 radical (unpaired) electrons. The molecule has 1 N–H and O–H groups in total. The van der Waals surface area contributed by atoms with E-state index in [0.717, 1.165) is 30.4 Å². The van der Waals surface area contributed by atoms with E-state index in [1.807, 2.05) is 18.7 Å². The molecule has 4 nitrogen and oxygen atoms in total. The number of aromatic nitrogens is 2. The number of thioether (sulfide) groups is 1. The summed E-state index contributed by atoms with van der Waals surface area (Å²) in [7, 11) is 0. The van der Waals surface area contributed by atoms with Crippen molar-refractivity contribution in [2.75, 3.05) is 12.3 Å². The van der Waals surface area contributed by atoms with E-state index in [4.69, 9.17) is 0 Å². The van der Waals surface area contributed by atoms with Crippen molar-refractivity contribution >= 4 is 16.9 Å². The maximum absolute atomic E-state index is 4.66. The molecule has 5 heteroatoms. The zero-order valence-electron chi connectivity index (χ0n) is 12.1. The third-order valence-corrected chi connectivity index (χ3v) is 4.37. The van der Waals surface area contributed by atoms with Crippen LogP contribution in [0, 0.1) is 13.8 Å². The number of hydrogen-bond acceptors (Lipinski definition) is 3. The van der Waals surface area contributed by atoms with Crippen molar-refractivity contribution in [1.82, 2.24) is 15.1 Å². The van der Waals surface area contributed by atoms with Crippen molar-refractivity contribution in [2.45, 2.75) is 52.6 Å². The zero-order chi connectivity index (χ0) is 13.7. The number of aliphatic imine (C=N–C) groups is 1. The van der Waals surface area contributed by atoms with E-state index in [1.54, 1.807) is 0 Å². The number of hydrogen-bond donors (Lipinski definition) is 1. The smallest absolute Gasteiger partial charge is 0.156 e. The van der Waals surface area contributed by atoms with Gasteiger partial charge in [-0.25, -0.2) is 0 Å². The van der Waals surface area contributed by atoms with Crippen molar-refractivity contribution in [3.63, 3.8) is 0 Å². The van der Waals surface area contributed by atoms with E-state index in [0.29, 0.717) is 6.04 Å². The molecular weight excluding hydrogens is 256 g/mol. The normalized spacial score (nSPS) is 21.6. The number of amidine groups is 1. The first kappa shape index (κ1) is 14.4. The first-order chi connectivity index (χ1) is 9.19. The van der Waals surface area contributed by atoms with Gasteiger partial charge in [-0.3, -0.25) is 9.67 Å². The largest absolute Gasteiger partial charge is 0.362 e. The molecule has 0 aromatic carbocycles. The molecular formula is C14H24N4S. The van der Waals surface area contributed by atoms with Gasteiger partial charge in [0.2, 0.25) is 0 Å². The Balaban J connectivity index is 1.75. The van der Waals surface area contributed by atoms with Crippen molar-refractivity contribution < 1.29 is 0 Å². The minimum atomic E-state index is 0.621. The molecule has 106 valence electrons. The van der Waals surface area contributed by atoms with Crippen LogP contribution in [0.4, 0.5) is 0 Å². The average Bonchev–Trinajstić information content (AvgIpc) is 2.73. The summed E-state index contributed by atoms with van der Waals surface area (Å²) in [5, 5.41) is 9.11. The lowest BCUT2D eigenvalue weighted by atomic mass is 10.2. The molecule has 1 unspecified atom stereocenters. The van der Waals surface area contributed by atoms with Gasteiger partial charge in [0.15, 0.2) is 5.17 Å². The van der Waals surface area contributed by atoms with Gasteiger partial charge in [0.1, 0.15) is 0 Å². The van der Waals surface area contributed by atoms with Crippen LogP contribution in [-0.4, -0.2) is 33.3 Å². The van der Waals surface area contributed by atoms with Gasteiger partial charge in [0.05, 0.1) is 5.69 Å². The summed E-state index contributed by atoms with van der Waals surface area (Å²) in [4.78, 5) is 4.66. The molecule has 1 atom stereocenters. The second-order valence-electron chi connectivity index (χ2n) is 5.08. The maximum Gasteiger partial charge on any atom is 0.156 e. The Morgan fingerprint density at radius 1 is 1.53 bits per heavy atom. The number of nitrogens with zero attached hydrogens (tertiary/aromatic N) is 3. The van der Waals surface area contributed by atoms with E-state index in [-0.39, 0.29) is 0 Å². The molecule has 1 aliphatic rings. The number of aryl methyl sites for hydroxylation is 3. The first-order valence-electron chi connectivity index (χ1n) is 7.14. The van der Waals surface area contributed by atoms with Crippen LogP contribution >= 0.6 is 11.8 Å². The molecule has 1 aromatic rings. The van der Waals surface area contributed by atoms with Crippen LogP contribution in [-0.2, 0) is 6.54 Å².